The summed E-state index contributed by atoms with van der Waals surface area (Å²) in [5, 5.41) is 12.8. The van der Waals surface area contributed by atoms with Gasteiger partial charge in [0, 0.05) is 6.54 Å². The van der Waals surface area contributed by atoms with Gasteiger partial charge in [0.05, 0.1) is 22.3 Å². The average molecular weight is 271 g/mol. The highest BCUT2D eigenvalue weighted by molar-refractivity contribution is 6.33. The summed E-state index contributed by atoms with van der Waals surface area (Å²) in [5.41, 5.74) is 5.09. The van der Waals surface area contributed by atoms with Gasteiger partial charge in [-0.3, -0.25) is 0 Å². The van der Waals surface area contributed by atoms with Crippen molar-refractivity contribution >= 4 is 17.3 Å². The molecule has 0 bridgehead atoms. The Morgan fingerprint density at radius 2 is 1.79 bits per heavy atom. The predicted molar refractivity (Wildman–Crippen MR) is 79.4 cm³/mol. The molecule has 96 valence electrons. The number of nitriles is 1. The molecule has 0 aliphatic heterocycles. The van der Waals surface area contributed by atoms with Crippen molar-refractivity contribution in [1.82, 2.24) is 0 Å². The predicted octanol–water partition coefficient (Wildman–Crippen LogP) is 4.44. The number of hydrogen-bond donors (Lipinski definition) is 1. The molecule has 0 spiro atoms. The second-order valence-corrected chi connectivity index (χ2v) is 5.06. The Balaban J connectivity index is 2.16. The van der Waals surface area contributed by atoms with Crippen molar-refractivity contribution < 1.29 is 0 Å². The fraction of sp³-hybridized carbons (Fsp3) is 0.188. The van der Waals surface area contributed by atoms with Crippen molar-refractivity contribution in [3.63, 3.8) is 0 Å². The fourth-order valence-corrected chi connectivity index (χ4v) is 2.28. The van der Waals surface area contributed by atoms with Gasteiger partial charge in [-0.15, -0.1) is 0 Å². The topological polar surface area (TPSA) is 35.8 Å². The standard InChI is InChI=1S/C16H15ClN2/c1-11-5-12(2)7-14(6-11)10-19-16-8-13(9-18)3-4-15(16)17/h3-8,19H,10H2,1-2H3. The van der Waals surface area contributed by atoms with Gasteiger partial charge in [-0.2, -0.15) is 5.26 Å². The minimum atomic E-state index is 0.604. The highest BCUT2D eigenvalue weighted by Gasteiger charge is 2.02. The lowest BCUT2D eigenvalue weighted by Crippen LogP contribution is -2.01. The fourth-order valence-electron chi connectivity index (χ4n) is 2.10. The molecule has 0 aliphatic rings. The van der Waals surface area contributed by atoms with Crippen LogP contribution in [0.4, 0.5) is 5.69 Å². The van der Waals surface area contributed by atoms with Gasteiger partial charge in [0.15, 0.2) is 0 Å². The lowest BCUT2D eigenvalue weighted by molar-refractivity contribution is 1.13. The number of nitrogens with one attached hydrogen (secondary N) is 1. The van der Waals surface area contributed by atoms with Crippen LogP contribution >= 0.6 is 11.6 Å². The van der Waals surface area contributed by atoms with Crippen LogP contribution in [0.2, 0.25) is 5.02 Å². The Hall–Kier alpha value is -1.98. The third-order valence-corrected chi connectivity index (χ3v) is 3.19. The molecule has 2 aromatic rings. The molecule has 19 heavy (non-hydrogen) atoms. The van der Waals surface area contributed by atoms with Crippen molar-refractivity contribution in [3.05, 3.63) is 63.7 Å². The monoisotopic (exact) mass is 270 g/mol. The van der Waals surface area contributed by atoms with E-state index in [2.05, 4.69) is 43.4 Å². The summed E-state index contributed by atoms with van der Waals surface area (Å²) in [4.78, 5) is 0. The molecule has 0 heterocycles. The zero-order valence-electron chi connectivity index (χ0n) is 11.0. The maximum absolute atomic E-state index is 8.89. The van der Waals surface area contributed by atoms with Gasteiger partial charge in [0.25, 0.3) is 0 Å². The van der Waals surface area contributed by atoms with Gasteiger partial charge >= 0.3 is 0 Å². The van der Waals surface area contributed by atoms with Crippen molar-refractivity contribution in [2.45, 2.75) is 20.4 Å². The number of anilines is 1. The van der Waals surface area contributed by atoms with Gasteiger partial charge in [0.2, 0.25) is 0 Å². The highest BCUT2D eigenvalue weighted by atomic mass is 35.5. The first-order valence-electron chi connectivity index (χ1n) is 6.09. The summed E-state index contributed by atoms with van der Waals surface area (Å²) < 4.78 is 0. The summed E-state index contributed by atoms with van der Waals surface area (Å²) in [7, 11) is 0. The second-order valence-electron chi connectivity index (χ2n) is 4.66. The van der Waals surface area contributed by atoms with Crippen LogP contribution in [0.5, 0.6) is 0 Å². The first-order chi connectivity index (χ1) is 9.08. The number of hydrogen-bond acceptors (Lipinski definition) is 2. The first kappa shape index (κ1) is 13.5. The van der Waals surface area contributed by atoms with E-state index >= 15 is 0 Å². The Bertz CT molecular complexity index is 621. The molecule has 2 nitrogen and oxygen atoms in total. The van der Waals surface area contributed by atoms with Crippen LogP contribution < -0.4 is 5.32 Å². The van der Waals surface area contributed by atoms with Gasteiger partial charge in [0.1, 0.15) is 0 Å². The van der Waals surface area contributed by atoms with E-state index in [1.54, 1.807) is 18.2 Å². The largest absolute Gasteiger partial charge is 0.380 e. The number of benzene rings is 2. The number of aryl methyl sites for hydroxylation is 2. The molecule has 0 saturated carbocycles. The molecular weight excluding hydrogens is 256 g/mol. The van der Waals surface area contributed by atoms with E-state index < -0.39 is 0 Å². The molecule has 0 radical (unpaired) electrons. The Morgan fingerprint density at radius 3 is 2.42 bits per heavy atom. The average Bonchev–Trinajstić information content (AvgIpc) is 2.37. The van der Waals surface area contributed by atoms with Crippen molar-refractivity contribution in [2.24, 2.45) is 0 Å². The molecule has 3 heteroatoms. The van der Waals surface area contributed by atoms with Crippen LogP contribution in [0.1, 0.15) is 22.3 Å². The molecule has 0 amide bonds. The zero-order chi connectivity index (χ0) is 13.8. The summed E-state index contributed by atoms with van der Waals surface area (Å²) in [6, 6.07) is 13.8. The zero-order valence-corrected chi connectivity index (χ0v) is 11.8. The summed E-state index contributed by atoms with van der Waals surface area (Å²) >= 11 is 6.11. The van der Waals surface area contributed by atoms with E-state index in [1.165, 1.54) is 16.7 Å². The maximum atomic E-state index is 8.89. The number of halogens is 1. The third-order valence-electron chi connectivity index (χ3n) is 2.86. The first-order valence-corrected chi connectivity index (χ1v) is 6.47. The molecule has 2 rings (SSSR count). The molecule has 2 aromatic carbocycles. The molecule has 0 fully saturated rings. The lowest BCUT2D eigenvalue weighted by atomic mass is 10.1. The van der Waals surface area contributed by atoms with Gasteiger partial charge in [-0.05, 0) is 37.6 Å². The van der Waals surface area contributed by atoms with E-state index in [0.29, 0.717) is 17.1 Å². The maximum Gasteiger partial charge on any atom is 0.0992 e. The summed E-state index contributed by atoms with van der Waals surface area (Å²) in [6.07, 6.45) is 0. The molecule has 0 unspecified atom stereocenters. The molecule has 0 atom stereocenters. The van der Waals surface area contributed by atoms with Gasteiger partial charge < -0.3 is 5.32 Å². The van der Waals surface area contributed by atoms with Crippen molar-refractivity contribution in [2.75, 3.05) is 5.32 Å². The summed E-state index contributed by atoms with van der Waals surface area (Å²) in [6.45, 7) is 4.86. The van der Waals surface area contributed by atoms with Crippen LogP contribution in [0.3, 0.4) is 0 Å². The number of nitrogens with zero attached hydrogens (tertiary/aromatic N) is 1. The smallest absolute Gasteiger partial charge is 0.0992 e. The van der Waals surface area contributed by atoms with Gasteiger partial charge in [-0.25, -0.2) is 0 Å². The third kappa shape index (κ3) is 3.49. The van der Waals surface area contributed by atoms with Crippen LogP contribution in [0, 0.1) is 25.2 Å². The minimum Gasteiger partial charge on any atom is -0.380 e. The normalized spacial score (nSPS) is 10.0. The quantitative estimate of drug-likeness (QED) is 0.895. The van der Waals surface area contributed by atoms with Crippen LogP contribution in [0.15, 0.2) is 36.4 Å². The van der Waals surface area contributed by atoms with Crippen LogP contribution in [-0.2, 0) is 6.54 Å². The minimum absolute atomic E-state index is 0.604. The lowest BCUT2D eigenvalue weighted by Gasteiger charge is -2.10. The summed E-state index contributed by atoms with van der Waals surface area (Å²) in [5.74, 6) is 0. The number of rotatable bonds is 3. The molecule has 0 saturated heterocycles. The van der Waals surface area contributed by atoms with Crippen molar-refractivity contribution in [1.29, 1.82) is 5.26 Å². The highest BCUT2D eigenvalue weighted by Crippen LogP contribution is 2.23. The SMILES string of the molecule is Cc1cc(C)cc(CNc2cc(C#N)ccc2Cl)c1. The second kappa shape index (κ2) is 5.77. The Labute approximate surface area is 118 Å². The molecule has 1 N–H and O–H groups in total. The van der Waals surface area contributed by atoms with E-state index in [4.69, 9.17) is 16.9 Å². The molecule has 0 aliphatic carbocycles. The Kier molecular flexibility index (Phi) is 4.09. The Morgan fingerprint density at radius 1 is 1.11 bits per heavy atom. The molecular formula is C16H15ClN2. The van der Waals surface area contributed by atoms with E-state index in [9.17, 15) is 0 Å². The van der Waals surface area contributed by atoms with E-state index in [1.807, 2.05) is 0 Å². The van der Waals surface area contributed by atoms with E-state index in [0.717, 1.165) is 5.69 Å². The molecule has 0 aromatic heterocycles. The van der Waals surface area contributed by atoms with Gasteiger partial charge in [-0.1, -0.05) is 40.9 Å². The van der Waals surface area contributed by atoms with Crippen LogP contribution in [-0.4, -0.2) is 0 Å². The van der Waals surface area contributed by atoms with E-state index in [-0.39, 0.29) is 0 Å². The van der Waals surface area contributed by atoms with Crippen LogP contribution in [0.25, 0.3) is 0 Å². The van der Waals surface area contributed by atoms with Crippen molar-refractivity contribution in [3.8, 4) is 6.07 Å².